The second kappa shape index (κ2) is 6.87. The summed E-state index contributed by atoms with van der Waals surface area (Å²) >= 11 is 2.19. The zero-order valence-corrected chi connectivity index (χ0v) is 11.2. The van der Waals surface area contributed by atoms with Crippen LogP contribution in [0, 0.1) is 0 Å². The van der Waals surface area contributed by atoms with Crippen molar-refractivity contribution in [1.82, 2.24) is 5.32 Å². The molecule has 1 saturated heterocycles. The second-order valence-corrected chi connectivity index (χ2v) is 6.58. The first-order valence-electron chi connectivity index (χ1n) is 6.86. The van der Waals surface area contributed by atoms with Crippen LogP contribution in [0.5, 0.6) is 0 Å². The highest BCUT2D eigenvalue weighted by Crippen LogP contribution is 2.33. The van der Waals surface area contributed by atoms with Crippen LogP contribution in [0.2, 0.25) is 0 Å². The van der Waals surface area contributed by atoms with Crippen molar-refractivity contribution in [3.63, 3.8) is 0 Å². The molecular weight excluding hydrogens is 218 g/mol. The van der Waals surface area contributed by atoms with Gasteiger partial charge < -0.3 is 10.1 Å². The molecule has 0 aromatic rings. The van der Waals surface area contributed by atoms with E-state index in [0.717, 1.165) is 29.8 Å². The molecule has 1 saturated carbocycles. The topological polar surface area (TPSA) is 21.3 Å². The van der Waals surface area contributed by atoms with Crippen LogP contribution in [0.25, 0.3) is 0 Å². The first-order chi connectivity index (χ1) is 7.90. The third-order valence-electron chi connectivity index (χ3n) is 3.58. The number of nitrogens with one attached hydrogen (secondary N) is 1. The molecule has 94 valence electrons. The van der Waals surface area contributed by atoms with E-state index in [1.54, 1.807) is 0 Å². The van der Waals surface area contributed by atoms with Gasteiger partial charge in [0, 0.05) is 11.3 Å². The Balaban J connectivity index is 1.81. The van der Waals surface area contributed by atoms with Gasteiger partial charge in [-0.25, -0.2) is 0 Å². The Morgan fingerprint density at radius 2 is 2.00 bits per heavy atom. The quantitative estimate of drug-likeness (QED) is 0.750. The van der Waals surface area contributed by atoms with Crippen molar-refractivity contribution in [2.45, 2.75) is 62.0 Å². The maximum atomic E-state index is 5.28. The second-order valence-electron chi connectivity index (χ2n) is 5.03. The molecule has 0 spiro atoms. The highest BCUT2D eigenvalue weighted by atomic mass is 32.2. The van der Waals surface area contributed by atoms with Crippen LogP contribution in [0.3, 0.4) is 0 Å². The number of hydrogen-bond donors (Lipinski definition) is 1. The van der Waals surface area contributed by atoms with E-state index in [1.165, 1.54) is 45.1 Å². The third kappa shape index (κ3) is 3.64. The lowest BCUT2D eigenvalue weighted by Crippen LogP contribution is -2.41. The Kier molecular flexibility index (Phi) is 5.46. The average Bonchev–Trinajstić information content (AvgIpc) is 2.45. The third-order valence-corrected chi connectivity index (χ3v) is 5.15. The van der Waals surface area contributed by atoms with Gasteiger partial charge in [-0.3, -0.25) is 0 Å². The molecule has 16 heavy (non-hydrogen) atoms. The molecule has 2 rings (SSSR count). The predicted octanol–water partition coefficient (Wildman–Crippen LogP) is 2.82. The Morgan fingerprint density at radius 3 is 2.69 bits per heavy atom. The molecule has 0 aromatic carbocycles. The summed E-state index contributed by atoms with van der Waals surface area (Å²) in [4.78, 5) is 0. The first-order valence-corrected chi connectivity index (χ1v) is 7.81. The molecule has 0 bridgehead atoms. The maximum absolute atomic E-state index is 5.28. The SMILES string of the molecule is CCCNC1CCCCCC1SC1COC1. The van der Waals surface area contributed by atoms with Crippen molar-refractivity contribution < 1.29 is 4.74 Å². The van der Waals surface area contributed by atoms with Gasteiger partial charge in [-0.2, -0.15) is 0 Å². The van der Waals surface area contributed by atoms with Gasteiger partial charge in [0.1, 0.15) is 0 Å². The zero-order valence-electron chi connectivity index (χ0n) is 10.4. The van der Waals surface area contributed by atoms with Crippen molar-refractivity contribution in [3.8, 4) is 0 Å². The summed E-state index contributed by atoms with van der Waals surface area (Å²) in [7, 11) is 0. The van der Waals surface area contributed by atoms with Crippen LogP contribution < -0.4 is 5.32 Å². The van der Waals surface area contributed by atoms with Gasteiger partial charge in [0.25, 0.3) is 0 Å². The molecule has 1 N–H and O–H groups in total. The molecule has 2 nitrogen and oxygen atoms in total. The number of rotatable bonds is 5. The van der Waals surface area contributed by atoms with Crippen molar-refractivity contribution in [3.05, 3.63) is 0 Å². The fourth-order valence-corrected chi connectivity index (χ4v) is 4.11. The fourth-order valence-electron chi connectivity index (χ4n) is 2.54. The first kappa shape index (κ1) is 12.7. The summed E-state index contributed by atoms with van der Waals surface area (Å²) < 4.78 is 5.28. The van der Waals surface area contributed by atoms with Crippen LogP contribution in [-0.4, -0.2) is 36.3 Å². The predicted molar refractivity (Wildman–Crippen MR) is 71.2 cm³/mol. The standard InChI is InChI=1S/C13H25NOS/c1-2-8-14-12-6-4-3-5-7-13(12)16-11-9-15-10-11/h11-14H,2-10H2,1H3. The minimum atomic E-state index is 0.757. The number of thioether (sulfide) groups is 1. The summed E-state index contributed by atoms with van der Waals surface area (Å²) in [6, 6.07) is 0.757. The molecule has 0 aromatic heterocycles. The van der Waals surface area contributed by atoms with Crippen LogP contribution >= 0.6 is 11.8 Å². The summed E-state index contributed by atoms with van der Waals surface area (Å²) in [6.45, 7) is 5.41. The number of hydrogen-bond acceptors (Lipinski definition) is 3. The molecule has 1 aliphatic carbocycles. The van der Waals surface area contributed by atoms with E-state index in [1.807, 2.05) is 0 Å². The summed E-state index contributed by atoms with van der Waals surface area (Å²) in [5, 5.41) is 5.38. The van der Waals surface area contributed by atoms with Gasteiger partial charge in [0.05, 0.1) is 18.5 Å². The lowest BCUT2D eigenvalue weighted by atomic mass is 10.1. The minimum absolute atomic E-state index is 0.757. The summed E-state index contributed by atoms with van der Waals surface area (Å²) in [6.07, 6.45) is 8.31. The van der Waals surface area contributed by atoms with E-state index in [2.05, 4.69) is 24.0 Å². The van der Waals surface area contributed by atoms with Gasteiger partial charge in [-0.05, 0) is 25.8 Å². The molecule has 2 aliphatic rings. The molecular formula is C13H25NOS. The van der Waals surface area contributed by atoms with E-state index in [-0.39, 0.29) is 0 Å². The molecule has 2 unspecified atom stereocenters. The molecule has 0 amide bonds. The zero-order chi connectivity index (χ0) is 11.2. The lowest BCUT2D eigenvalue weighted by Gasteiger charge is -2.33. The maximum Gasteiger partial charge on any atom is 0.0608 e. The van der Waals surface area contributed by atoms with E-state index in [0.29, 0.717) is 0 Å². The van der Waals surface area contributed by atoms with Crippen molar-refractivity contribution in [2.24, 2.45) is 0 Å². The largest absolute Gasteiger partial charge is 0.379 e. The highest BCUT2D eigenvalue weighted by molar-refractivity contribution is 8.00. The fraction of sp³-hybridized carbons (Fsp3) is 1.00. The number of ether oxygens (including phenoxy) is 1. The smallest absolute Gasteiger partial charge is 0.0608 e. The van der Waals surface area contributed by atoms with Crippen LogP contribution in [0.1, 0.15) is 45.4 Å². The monoisotopic (exact) mass is 243 g/mol. The van der Waals surface area contributed by atoms with E-state index >= 15 is 0 Å². The Labute approximate surface area is 104 Å². The van der Waals surface area contributed by atoms with Crippen molar-refractivity contribution in [1.29, 1.82) is 0 Å². The Hall–Kier alpha value is 0.270. The highest BCUT2D eigenvalue weighted by Gasteiger charge is 2.29. The Morgan fingerprint density at radius 1 is 1.19 bits per heavy atom. The molecule has 3 heteroatoms. The van der Waals surface area contributed by atoms with Gasteiger partial charge in [-0.15, -0.1) is 11.8 Å². The van der Waals surface area contributed by atoms with Gasteiger partial charge in [-0.1, -0.05) is 26.2 Å². The molecule has 1 aliphatic heterocycles. The normalized spacial score (nSPS) is 32.1. The minimum Gasteiger partial charge on any atom is -0.379 e. The van der Waals surface area contributed by atoms with E-state index < -0.39 is 0 Å². The van der Waals surface area contributed by atoms with Crippen LogP contribution in [0.4, 0.5) is 0 Å². The van der Waals surface area contributed by atoms with E-state index in [4.69, 9.17) is 4.74 Å². The molecule has 2 atom stereocenters. The van der Waals surface area contributed by atoms with Crippen molar-refractivity contribution >= 4 is 11.8 Å². The van der Waals surface area contributed by atoms with Crippen LogP contribution in [-0.2, 0) is 4.74 Å². The average molecular weight is 243 g/mol. The molecule has 0 radical (unpaired) electrons. The van der Waals surface area contributed by atoms with Gasteiger partial charge in [0.15, 0.2) is 0 Å². The molecule has 2 fully saturated rings. The summed E-state index contributed by atoms with van der Waals surface area (Å²) in [5.74, 6) is 0. The van der Waals surface area contributed by atoms with Gasteiger partial charge in [0.2, 0.25) is 0 Å². The van der Waals surface area contributed by atoms with Crippen LogP contribution in [0.15, 0.2) is 0 Å². The van der Waals surface area contributed by atoms with E-state index in [9.17, 15) is 0 Å². The lowest BCUT2D eigenvalue weighted by molar-refractivity contribution is 0.0451. The van der Waals surface area contributed by atoms with Gasteiger partial charge >= 0.3 is 0 Å². The molecule has 1 heterocycles. The Bertz CT molecular complexity index is 196. The summed E-state index contributed by atoms with van der Waals surface area (Å²) in [5.41, 5.74) is 0. The van der Waals surface area contributed by atoms with Crippen molar-refractivity contribution in [2.75, 3.05) is 19.8 Å².